The fraction of sp³-hybridized carbons (Fsp3) is 0.263. The van der Waals surface area contributed by atoms with Crippen molar-refractivity contribution in [2.75, 3.05) is 24.2 Å². The Morgan fingerprint density at radius 1 is 0.917 bits per heavy atom. The summed E-state index contributed by atoms with van der Waals surface area (Å²) in [4.78, 5) is 25.7. The number of aryl methyl sites for hydroxylation is 3. The molecular formula is C19H23N3O2. The van der Waals surface area contributed by atoms with Crippen molar-refractivity contribution in [3.05, 3.63) is 59.2 Å². The fourth-order valence-corrected chi connectivity index (χ4v) is 2.33. The van der Waals surface area contributed by atoms with Crippen LogP contribution in [0.25, 0.3) is 0 Å². The molecule has 0 heterocycles. The number of amides is 3. The van der Waals surface area contributed by atoms with Gasteiger partial charge < -0.3 is 15.5 Å². The number of benzene rings is 2. The molecule has 0 atom stereocenters. The molecule has 5 nitrogen and oxygen atoms in total. The number of carbonyl (C=O) groups is 2. The number of hydrogen-bond donors (Lipinski definition) is 2. The van der Waals surface area contributed by atoms with Gasteiger partial charge >= 0.3 is 6.03 Å². The van der Waals surface area contributed by atoms with Crippen LogP contribution < -0.4 is 10.6 Å². The Labute approximate surface area is 142 Å². The van der Waals surface area contributed by atoms with E-state index in [1.54, 1.807) is 7.05 Å². The first-order chi connectivity index (χ1) is 11.4. The average Bonchev–Trinajstić information content (AvgIpc) is 2.53. The fourth-order valence-electron chi connectivity index (χ4n) is 2.33. The first-order valence-electron chi connectivity index (χ1n) is 7.81. The summed E-state index contributed by atoms with van der Waals surface area (Å²) in [6, 6.07) is 13.0. The quantitative estimate of drug-likeness (QED) is 0.900. The van der Waals surface area contributed by atoms with Crippen molar-refractivity contribution in [3.63, 3.8) is 0 Å². The van der Waals surface area contributed by atoms with E-state index < -0.39 is 0 Å². The van der Waals surface area contributed by atoms with Crippen LogP contribution in [0.4, 0.5) is 16.2 Å². The number of carbonyl (C=O) groups excluding carboxylic acids is 2. The molecule has 0 saturated carbocycles. The van der Waals surface area contributed by atoms with Gasteiger partial charge in [0.15, 0.2) is 0 Å². The highest BCUT2D eigenvalue weighted by molar-refractivity contribution is 5.97. The van der Waals surface area contributed by atoms with Crippen molar-refractivity contribution in [2.24, 2.45) is 0 Å². The number of nitrogens with one attached hydrogen (secondary N) is 2. The number of rotatable bonds is 4. The van der Waals surface area contributed by atoms with Crippen LogP contribution in [-0.2, 0) is 4.79 Å². The van der Waals surface area contributed by atoms with E-state index in [4.69, 9.17) is 0 Å². The van der Waals surface area contributed by atoms with Crippen LogP contribution in [0.3, 0.4) is 0 Å². The van der Waals surface area contributed by atoms with Crippen LogP contribution in [0.2, 0.25) is 0 Å². The molecule has 0 radical (unpaired) electrons. The lowest BCUT2D eigenvalue weighted by Gasteiger charge is -2.18. The maximum atomic E-state index is 12.2. The maximum Gasteiger partial charge on any atom is 0.322 e. The standard InChI is InChI=1S/C19H23N3O2/c1-13-8-10-16(11-9-13)20-19(24)22(4)12-17(23)21-18-14(2)6-5-7-15(18)3/h5-11H,12H2,1-4H3,(H,20,24)(H,21,23). The van der Waals surface area contributed by atoms with Crippen LogP contribution in [0.1, 0.15) is 16.7 Å². The normalized spacial score (nSPS) is 10.2. The van der Waals surface area contributed by atoms with Crippen LogP contribution in [-0.4, -0.2) is 30.4 Å². The SMILES string of the molecule is Cc1ccc(NC(=O)N(C)CC(=O)Nc2c(C)cccc2C)cc1. The molecule has 0 fully saturated rings. The molecule has 0 spiro atoms. The topological polar surface area (TPSA) is 61.4 Å². The molecule has 2 aromatic carbocycles. The van der Waals surface area contributed by atoms with Crippen LogP contribution in [0.15, 0.2) is 42.5 Å². The van der Waals surface area contributed by atoms with Gasteiger partial charge in [0.1, 0.15) is 6.54 Å². The minimum Gasteiger partial charge on any atom is -0.324 e. The molecule has 2 N–H and O–H groups in total. The summed E-state index contributed by atoms with van der Waals surface area (Å²) in [5, 5.41) is 5.64. The average molecular weight is 325 g/mol. The summed E-state index contributed by atoms with van der Waals surface area (Å²) in [5.41, 5.74) is 4.61. The van der Waals surface area contributed by atoms with Gasteiger partial charge in [0, 0.05) is 18.4 Å². The zero-order chi connectivity index (χ0) is 17.7. The van der Waals surface area contributed by atoms with E-state index in [0.717, 1.165) is 22.4 Å². The van der Waals surface area contributed by atoms with E-state index in [0.29, 0.717) is 5.69 Å². The predicted octanol–water partition coefficient (Wildman–Crippen LogP) is 3.71. The summed E-state index contributed by atoms with van der Waals surface area (Å²) in [6.07, 6.45) is 0. The number of nitrogens with zero attached hydrogens (tertiary/aromatic N) is 1. The number of likely N-dealkylation sites (N-methyl/N-ethyl adjacent to an activating group) is 1. The summed E-state index contributed by atoms with van der Waals surface area (Å²) in [5.74, 6) is -0.228. The molecule has 0 aliphatic heterocycles. The second-order valence-electron chi connectivity index (χ2n) is 5.97. The van der Waals surface area contributed by atoms with Gasteiger partial charge in [-0.05, 0) is 44.0 Å². The largest absolute Gasteiger partial charge is 0.324 e. The Morgan fingerprint density at radius 3 is 2.08 bits per heavy atom. The van der Waals surface area contributed by atoms with Crippen molar-refractivity contribution in [3.8, 4) is 0 Å². The highest BCUT2D eigenvalue weighted by Gasteiger charge is 2.14. The Morgan fingerprint density at radius 2 is 1.50 bits per heavy atom. The molecule has 0 aliphatic rings. The van der Waals surface area contributed by atoms with E-state index in [9.17, 15) is 9.59 Å². The van der Waals surface area contributed by atoms with E-state index in [1.807, 2.05) is 63.2 Å². The number of anilines is 2. The van der Waals surface area contributed by atoms with E-state index in [1.165, 1.54) is 4.90 Å². The molecule has 0 saturated heterocycles. The van der Waals surface area contributed by atoms with Gasteiger partial charge in [-0.1, -0.05) is 35.9 Å². The molecule has 2 rings (SSSR count). The molecule has 24 heavy (non-hydrogen) atoms. The Kier molecular flexibility index (Phi) is 5.58. The molecule has 126 valence electrons. The third kappa shape index (κ3) is 4.59. The van der Waals surface area contributed by atoms with Crippen molar-refractivity contribution < 1.29 is 9.59 Å². The van der Waals surface area contributed by atoms with Crippen LogP contribution >= 0.6 is 0 Å². The van der Waals surface area contributed by atoms with Gasteiger partial charge in [0.2, 0.25) is 5.91 Å². The molecule has 0 aliphatic carbocycles. The summed E-state index contributed by atoms with van der Waals surface area (Å²) < 4.78 is 0. The van der Waals surface area contributed by atoms with Gasteiger partial charge in [0.25, 0.3) is 0 Å². The molecule has 0 unspecified atom stereocenters. The molecule has 0 aromatic heterocycles. The minimum atomic E-state index is -0.324. The molecule has 2 aromatic rings. The molecule has 3 amide bonds. The highest BCUT2D eigenvalue weighted by Crippen LogP contribution is 2.19. The van der Waals surface area contributed by atoms with Crippen molar-refractivity contribution in [1.29, 1.82) is 0 Å². The van der Waals surface area contributed by atoms with Crippen molar-refractivity contribution in [1.82, 2.24) is 4.90 Å². The van der Waals surface area contributed by atoms with Crippen molar-refractivity contribution in [2.45, 2.75) is 20.8 Å². The van der Waals surface area contributed by atoms with Gasteiger partial charge in [-0.2, -0.15) is 0 Å². The molecular weight excluding hydrogens is 302 g/mol. The lowest BCUT2D eigenvalue weighted by molar-refractivity contribution is -0.116. The van der Waals surface area contributed by atoms with Gasteiger partial charge in [-0.3, -0.25) is 4.79 Å². The molecule has 5 heteroatoms. The predicted molar refractivity (Wildman–Crippen MR) is 97.4 cm³/mol. The lowest BCUT2D eigenvalue weighted by atomic mass is 10.1. The van der Waals surface area contributed by atoms with Gasteiger partial charge in [0.05, 0.1) is 0 Å². The second kappa shape index (κ2) is 7.64. The van der Waals surface area contributed by atoms with Gasteiger partial charge in [-0.15, -0.1) is 0 Å². The highest BCUT2D eigenvalue weighted by atomic mass is 16.2. The zero-order valence-electron chi connectivity index (χ0n) is 14.5. The first-order valence-corrected chi connectivity index (χ1v) is 7.81. The number of para-hydroxylation sites is 1. The third-order valence-electron chi connectivity index (χ3n) is 3.78. The smallest absolute Gasteiger partial charge is 0.322 e. The third-order valence-corrected chi connectivity index (χ3v) is 3.78. The molecule has 0 bridgehead atoms. The Hall–Kier alpha value is -2.82. The minimum absolute atomic E-state index is 0.0224. The van der Waals surface area contributed by atoms with E-state index in [-0.39, 0.29) is 18.5 Å². The lowest BCUT2D eigenvalue weighted by Crippen LogP contribution is -2.37. The Balaban J connectivity index is 1.93. The summed E-state index contributed by atoms with van der Waals surface area (Å²) in [7, 11) is 1.59. The summed E-state index contributed by atoms with van der Waals surface area (Å²) >= 11 is 0. The monoisotopic (exact) mass is 325 g/mol. The van der Waals surface area contributed by atoms with Crippen LogP contribution in [0.5, 0.6) is 0 Å². The van der Waals surface area contributed by atoms with Crippen LogP contribution in [0, 0.1) is 20.8 Å². The number of urea groups is 1. The van der Waals surface area contributed by atoms with Crippen molar-refractivity contribution >= 4 is 23.3 Å². The van der Waals surface area contributed by atoms with E-state index >= 15 is 0 Å². The first kappa shape index (κ1) is 17.5. The maximum absolute atomic E-state index is 12.2. The second-order valence-corrected chi connectivity index (χ2v) is 5.97. The van der Waals surface area contributed by atoms with Gasteiger partial charge in [-0.25, -0.2) is 4.79 Å². The number of hydrogen-bond acceptors (Lipinski definition) is 2. The summed E-state index contributed by atoms with van der Waals surface area (Å²) in [6.45, 7) is 5.84. The zero-order valence-corrected chi connectivity index (χ0v) is 14.5. The Bertz CT molecular complexity index is 719. The van der Waals surface area contributed by atoms with E-state index in [2.05, 4.69) is 10.6 Å².